The molecule has 4 rings (SSSR count). The fraction of sp³-hybridized carbons (Fsp3) is 0.0435. The Kier molecular flexibility index (Phi) is 4.99. The highest BCUT2D eigenvalue weighted by molar-refractivity contribution is 7.88. The summed E-state index contributed by atoms with van der Waals surface area (Å²) in [4.78, 5) is 0. The third-order valence-corrected chi connectivity index (χ3v) is 5.64. The highest BCUT2D eigenvalue weighted by Gasteiger charge is 2.48. The van der Waals surface area contributed by atoms with E-state index in [0.717, 1.165) is 22.3 Å². The second-order valence-corrected chi connectivity index (χ2v) is 8.12. The van der Waals surface area contributed by atoms with Crippen molar-refractivity contribution in [2.45, 2.75) is 5.51 Å². The minimum absolute atomic E-state index is 0.273. The minimum atomic E-state index is -5.76. The van der Waals surface area contributed by atoms with Gasteiger partial charge in [-0.05, 0) is 39.8 Å². The van der Waals surface area contributed by atoms with Gasteiger partial charge in [0.15, 0.2) is 5.75 Å². The number of hydrogen-bond acceptors (Lipinski definition) is 3. The van der Waals surface area contributed by atoms with E-state index in [2.05, 4.69) is 4.18 Å². The Morgan fingerprint density at radius 2 is 1.13 bits per heavy atom. The van der Waals surface area contributed by atoms with Crippen LogP contribution in [0.1, 0.15) is 0 Å². The van der Waals surface area contributed by atoms with Crippen LogP contribution in [0.15, 0.2) is 91.0 Å². The van der Waals surface area contributed by atoms with Gasteiger partial charge >= 0.3 is 15.6 Å². The smallest absolute Gasteiger partial charge is 0.375 e. The molecule has 0 atom stereocenters. The Morgan fingerprint density at radius 1 is 0.600 bits per heavy atom. The van der Waals surface area contributed by atoms with E-state index in [1.54, 1.807) is 24.3 Å². The molecule has 0 aliphatic rings. The van der Waals surface area contributed by atoms with Gasteiger partial charge in [-0.1, -0.05) is 78.9 Å². The minimum Gasteiger partial charge on any atom is -0.375 e. The van der Waals surface area contributed by atoms with Crippen molar-refractivity contribution in [1.29, 1.82) is 0 Å². The van der Waals surface area contributed by atoms with E-state index in [-0.39, 0.29) is 11.1 Å². The molecule has 7 heteroatoms. The van der Waals surface area contributed by atoms with Crippen LogP contribution < -0.4 is 4.18 Å². The second kappa shape index (κ2) is 7.50. The molecule has 0 aliphatic carbocycles. The first-order chi connectivity index (χ1) is 14.3. The fourth-order valence-electron chi connectivity index (χ4n) is 3.23. The average Bonchev–Trinajstić information content (AvgIpc) is 2.74. The van der Waals surface area contributed by atoms with Gasteiger partial charge in [-0.25, -0.2) is 0 Å². The van der Waals surface area contributed by atoms with Crippen LogP contribution in [0.3, 0.4) is 0 Å². The number of hydrogen-bond donors (Lipinski definition) is 0. The van der Waals surface area contributed by atoms with Crippen LogP contribution in [0.2, 0.25) is 0 Å². The largest absolute Gasteiger partial charge is 0.534 e. The summed E-state index contributed by atoms with van der Waals surface area (Å²) >= 11 is 0. The molecule has 3 nitrogen and oxygen atoms in total. The second-order valence-electron chi connectivity index (χ2n) is 6.58. The molecule has 4 aromatic carbocycles. The molecule has 0 fully saturated rings. The number of fused-ring (bicyclic) bond motifs is 1. The Bertz CT molecular complexity index is 1300. The molecule has 30 heavy (non-hydrogen) atoms. The lowest BCUT2D eigenvalue weighted by atomic mass is 9.96. The van der Waals surface area contributed by atoms with Gasteiger partial charge in [0.25, 0.3) is 0 Å². The van der Waals surface area contributed by atoms with Crippen LogP contribution in [0.25, 0.3) is 33.0 Å². The van der Waals surface area contributed by atoms with E-state index in [1.165, 1.54) is 12.1 Å². The standard InChI is InChI=1S/C23H15F3O3S/c24-23(25,26)30(27,28)29-22-15-14-19(20-8-4-5-9-21(20)22)18-12-10-17(11-13-18)16-6-2-1-3-7-16/h1-15H. The quantitative estimate of drug-likeness (QED) is 0.279. The molecule has 0 aromatic heterocycles. The van der Waals surface area contributed by atoms with Gasteiger partial charge in [0.05, 0.1) is 0 Å². The van der Waals surface area contributed by atoms with Crippen molar-refractivity contribution in [2.75, 3.05) is 0 Å². The van der Waals surface area contributed by atoms with Crippen LogP contribution in [-0.4, -0.2) is 13.9 Å². The maximum atomic E-state index is 12.7. The molecule has 0 unspecified atom stereocenters. The molecular weight excluding hydrogens is 413 g/mol. The molecule has 0 spiro atoms. The van der Waals surface area contributed by atoms with Crippen LogP contribution in [0.4, 0.5) is 13.2 Å². The zero-order chi connectivity index (χ0) is 21.4. The molecule has 0 saturated carbocycles. The molecule has 0 saturated heterocycles. The van der Waals surface area contributed by atoms with Crippen molar-refractivity contribution in [3.8, 4) is 28.0 Å². The van der Waals surface area contributed by atoms with Crippen molar-refractivity contribution in [1.82, 2.24) is 0 Å². The molecule has 0 heterocycles. The molecule has 0 N–H and O–H groups in total. The van der Waals surface area contributed by atoms with E-state index in [1.807, 2.05) is 54.6 Å². The van der Waals surface area contributed by atoms with Gasteiger partial charge in [-0.2, -0.15) is 21.6 Å². The van der Waals surface area contributed by atoms with Crippen molar-refractivity contribution in [2.24, 2.45) is 0 Å². The van der Waals surface area contributed by atoms with Gasteiger partial charge < -0.3 is 4.18 Å². The average molecular weight is 428 g/mol. The third kappa shape index (κ3) is 3.76. The van der Waals surface area contributed by atoms with E-state index in [9.17, 15) is 21.6 Å². The van der Waals surface area contributed by atoms with Crippen LogP contribution >= 0.6 is 0 Å². The number of rotatable bonds is 4. The summed E-state index contributed by atoms with van der Waals surface area (Å²) in [6.45, 7) is 0. The first-order valence-electron chi connectivity index (χ1n) is 8.95. The normalized spacial score (nSPS) is 12.1. The predicted octanol–water partition coefficient (Wildman–Crippen LogP) is 6.40. The molecule has 4 aromatic rings. The number of benzene rings is 4. The summed E-state index contributed by atoms with van der Waals surface area (Å²) in [5.41, 5.74) is -1.81. The van der Waals surface area contributed by atoms with E-state index in [0.29, 0.717) is 5.39 Å². The first-order valence-corrected chi connectivity index (χ1v) is 10.4. The fourth-order valence-corrected chi connectivity index (χ4v) is 3.71. The molecular formula is C23H15F3O3S. The summed E-state index contributed by atoms with van der Waals surface area (Å²) in [5.74, 6) is -0.368. The highest BCUT2D eigenvalue weighted by Crippen LogP contribution is 2.37. The van der Waals surface area contributed by atoms with Gasteiger partial charge in [-0.15, -0.1) is 0 Å². The molecule has 0 bridgehead atoms. The van der Waals surface area contributed by atoms with Crippen LogP contribution in [0, 0.1) is 0 Å². The molecule has 152 valence electrons. The maximum absolute atomic E-state index is 12.7. The maximum Gasteiger partial charge on any atom is 0.534 e. The van der Waals surface area contributed by atoms with Gasteiger partial charge in [-0.3, -0.25) is 0 Å². The van der Waals surface area contributed by atoms with Crippen molar-refractivity contribution >= 4 is 20.9 Å². The predicted molar refractivity (Wildman–Crippen MR) is 110 cm³/mol. The van der Waals surface area contributed by atoms with Crippen molar-refractivity contribution in [3.63, 3.8) is 0 Å². The molecule has 0 amide bonds. The summed E-state index contributed by atoms with van der Waals surface area (Å²) in [7, 11) is -5.76. The summed E-state index contributed by atoms with van der Waals surface area (Å²) < 4.78 is 65.5. The van der Waals surface area contributed by atoms with E-state index >= 15 is 0 Å². The molecule has 0 radical (unpaired) electrons. The first kappa shape index (κ1) is 20.0. The summed E-state index contributed by atoms with van der Waals surface area (Å²) in [5, 5.41) is 0.856. The number of alkyl halides is 3. The monoisotopic (exact) mass is 428 g/mol. The van der Waals surface area contributed by atoms with E-state index in [4.69, 9.17) is 0 Å². The van der Waals surface area contributed by atoms with Crippen LogP contribution in [0.5, 0.6) is 5.75 Å². The van der Waals surface area contributed by atoms with Crippen LogP contribution in [-0.2, 0) is 10.1 Å². The van der Waals surface area contributed by atoms with Gasteiger partial charge in [0.2, 0.25) is 0 Å². The third-order valence-electron chi connectivity index (χ3n) is 4.67. The Hall–Kier alpha value is -3.32. The van der Waals surface area contributed by atoms with E-state index < -0.39 is 15.6 Å². The highest BCUT2D eigenvalue weighted by atomic mass is 32.2. The number of halogens is 3. The van der Waals surface area contributed by atoms with Gasteiger partial charge in [0, 0.05) is 5.39 Å². The Labute approximate surface area is 171 Å². The summed E-state index contributed by atoms with van der Waals surface area (Å²) in [6.07, 6.45) is 0. The Morgan fingerprint density at radius 3 is 1.77 bits per heavy atom. The lowest BCUT2D eigenvalue weighted by molar-refractivity contribution is -0.0499. The lowest BCUT2D eigenvalue weighted by Crippen LogP contribution is -2.28. The Balaban J connectivity index is 1.77. The van der Waals surface area contributed by atoms with Gasteiger partial charge in [0.1, 0.15) is 0 Å². The SMILES string of the molecule is O=S(=O)(Oc1ccc(-c2ccc(-c3ccccc3)cc2)c2ccccc12)C(F)(F)F. The zero-order valence-corrected chi connectivity index (χ0v) is 16.2. The zero-order valence-electron chi connectivity index (χ0n) is 15.4. The van der Waals surface area contributed by atoms with Crippen molar-refractivity contribution < 1.29 is 25.8 Å². The summed E-state index contributed by atoms with van der Waals surface area (Å²) in [6, 6.07) is 26.9. The lowest BCUT2D eigenvalue weighted by Gasteiger charge is -2.14. The molecule has 0 aliphatic heterocycles. The topological polar surface area (TPSA) is 43.4 Å². The van der Waals surface area contributed by atoms with Crippen molar-refractivity contribution in [3.05, 3.63) is 91.0 Å².